The number of anilines is 1. The minimum atomic E-state index is -1.48. The Morgan fingerprint density at radius 2 is 1.03 bits per heavy atom. The zero-order valence-corrected chi connectivity index (χ0v) is 35.7. The highest BCUT2D eigenvalue weighted by atomic mass is 19.1. The number of hydrogen-bond donors (Lipinski definition) is 6. The molecule has 62 heavy (non-hydrogen) atoms. The molecule has 16 heteroatoms. The van der Waals surface area contributed by atoms with Crippen molar-refractivity contribution in [1.29, 1.82) is 0 Å². The van der Waals surface area contributed by atoms with Crippen molar-refractivity contribution in [1.82, 2.24) is 20.4 Å². The molecule has 8 atom stereocenters. The van der Waals surface area contributed by atoms with Crippen molar-refractivity contribution in [3.05, 3.63) is 101 Å². The first kappa shape index (κ1) is 45.3. The zero-order chi connectivity index (χ0) is 45.1. The molecule has 3 aromatic rings. The van der Waals surface area contributed by atoms with Crippen LogP contribution in [0.25, 0.3) is 0 Å². The average molecular weight is 856 g/mol. The number of likely N-dealkylation sites (tertiary alicyclic amines) is 2. The lowest BCUT2D eigenvalue weighted by molar-refractivity contribution is -0.146. The van der Waals surface area contributed by atoms with Gasteiger partial charge >= 0.3 is 12.2 Å². The second-order valence-electron chi connectivity index (χ2n) is 17.0. The highest BCUT2D eigenvalue weighted by Gasteiger charge is 2.53. The van der Waals surface area contributed by atoms with Gasteiger partial charge in [0.15, 0.2) is 0 Å². The third-order valence-electron chi connectivity index (χ3n) is 13.7. The highest BCUT2D eigenvalue weighted by molar-refractivity contribution is 5.96. The largest absolute Gasteiger partial charge is 0.465 e. The van der Waals surface area contributed by atoms with Gasteiger partial charge in [0.25, 0.3) is 0 Å². The lowest BCUT2D eigenvalue weighted by atomic mass is 9.84. The summed E-state index contributed by atoms with van der Waals surface area (Å²) in [5, 5.41) is 23.8. The van der Waals surface area contributed by atoms with Gasteiger partial charge in [-0.2, -0.15) is 0 Å². The van der Waals surface area contributed by atoms with Crippen LogP contribution in [0.15, 0.2) is 72.8 Å². The smallest absolute Gasteiger partial charge is 0.405 e. The fraction of sp³-hybridized carbons (Fsp3) is 0.478. The van der Waals surface area contributed by atoms with Crippen LogP contribution < -0.4 is 27.0 Å². The monoisotopic (exact) mass is 855 g/mol. The molecule has 3 fully saturated rings. The van der Waals surface area contributed by atoms with Gasteiger partial charge < -0.3 is 47.0 Å². The van der Waals surface area contributed by atoms with Gasteiger partial charge in [0, 0.05) is 18.8 Å². The molecule has 6 rings (SSSR count). The van der Waals surface area contributed by atoms with Gasteiger partial charge in [0.1, 0.15) is 29.0 Å². The van der Waals surface area contributed by atoms with Crippen LogP contribution in [0.4, 0.5) is 19.7 Å². The highest BCUT2D eigenvalue weighted by Crippen LogP contribution is 2.49. The fourth-order valence-electron chi connectivity index (χ4n) is 10.0. The minimum Gasteiger partial charge on any atom is -0.465 e. The van der Waals surface area contributed by atoms with E-state index < -0.39 is 64.8 Å². The van der Waals surface area contributed by atoms with E-state index in [0.717, 1.165) is 16.8 Å². The Kier molecular flexibility index (Phi) is 13.5. The molecular formula is C46H58FN7O8. The fourth-order valence-corrected chi connectivity index (χ4v) is 10.0. The number of amides is 6. The van der Waals surface area contributed by atoms with E-state index in [2.05, 4.69) is 15.5 Å². The summed E-state index contributed by atoms with van der Waals surface area (Å²) in [6.45, 7) is 7.74. The molecule has 0 bridgehead atoms. The van der Waals surface area contributed by atoms with E-state index in [1.54, 1.807) is 50.2 Å². The van der Waals surface area contributed by atoms with Crippen molar-refractivity contribution in [2.45, 2.75) is 114 Å². The summed E-state index contributed by atoms with van der Waals surface area (Å²) in [4.78, 5) is 83.4. The van der Waals surface area contributed by atoms with E-state index >= 15 is 0 Å². The van der Waals surface area contributed by atoms with Crippen molar-refractivity contribution in [3.8, 4) is 0 Å². The summed E-state index contributed by atoms with van der Waals surface area (Å²) < 4.78 is 14.3. The van der Waals surface area contributed by atoms with Crippen LogP contribution in [0.2, 0.25) is 0 Å². The first-order valence-electron chi connectivity index (χ1n) is 21.5. The lowest BCUT2D eigenvalue weighted by Gasteiger charge is -2.39. The van der Waals surface area contributed by atoms with Gasteiger partial charge in [0.2, 0.25) is 23.6 Å². The van der Waals surface area contributed by atoms with Crippen LogP contribution in [0, 0.1) is 17.7 Å². The number of nitrogens with one attached hydrogen (secondary N) is 2. The number of carboxylic acid groups (broad SMARTS) is 2. The first-order valence-corrected chi connectivity index (χ1v) is 21.5. The van der Waals surface area contributed by atoms with Gasteiger partial charge in [-0.1, -0.05) is 89.1 Å². The molecule has 8 N–H and O–H groups in total. The van der Waals surface area contributed by atoms with Crippen molar-refractivity contribution >= 4 is 41.5 Å². The van der Waals surface area contributed by atoms with Crippen LogP contribution in [-0.4, -0.2) is 81.0 Å². The van der Waals surface area contributed by atoms with Crippen molar-refractivity contribution < 1.29 is 43.4 Å². The number of carbonyl (C=O) groups is 6. The minimum absolute atomic E-state index is 0.210. The Labute approximate surface area is 361 Å². The van der Waals surface area contributed by atoms with E-state index in [1.807, 2.05) is 38.1 Å². The number of primary amides is 2. The molecule has 0 aromatic heterocycles. The maximum absolute atomic E-state index is 14.3. The Morgan fingerprint density at radius 3 is 1.35 bits per heavy atom. The SMILES string of the molecule is CC[C@@H](C)[C@H](NC(=O)O)C(=O)N1CCC[C@@]1(C(N)=O)c1ccc([C@H]2CC[C@H](c3ccc([C@]4(C(N)=O)CCCN4C(=O)[C@@H](NC(=O)O)[C@H](C)CC)cc3)N2c2ccc(F)cc2)cc1. The molecule has 3 aliphatic rings. The number of benzene rings is 3. The predicted molar refractivity (Wildman–Crippen MR) is 229 cm³/mol. The van der Waals surface area contributed by atoms with E-state index in [0.29, 0.717) is 49.7 Å². The van der Waals surface area contributed by atoms with Crippen molar-refractivity contribution in [3.63, 3.8) is 0 Å². The summed E-state index contributed by atoms with van der Waals surface area (Å²) in [5.74, 6) is -3.49. The third-order valence-corrected chi connectivity index (χ3v) is 13.7. The molecule has 6 amide bonds. The molecular weight excluding hydrogens is 798 g/mol. The Morgan fingerprint density at radius 1 is 0.661 bits per heavy atom. The Balaban J connectivity index is 1.32. The van der Waals surface area contributed by atoms with Gasteiger partial charge in [-0.05, 0) is 96.9 Å². The van der Waals surface area contributed by atoms with Crippen LogP contribution in [0.5, 0.6) is 0 Å². The van der Waals surface area contributed by atoms with Gasteiger partial charge in [-0.15, -0.1) is 0 Å². The number of nitrogens with zero attached hydrogens (tertiary/aromatic N) is 3. The number of hydrogen-bond acceptors (Lipinski definition) is 7. The average Bonchev–Trinajstić information content (AvgIpc) is 4.03. The van der Waals surface area contributed by atoms with Crippen LogP contribution in [-0.2, 0) is 30.3 Å². The number of halogens is 1. The Hall–Kier alpha value is -6.19. The molecule has 3 aliphatic heterocycles. The normalized spacial score (nSPS) is 24.2. The van der Waals surface area contributed by atoms with Crippen molar-refractivity contribution in [2.24, 2.45) is 23.3 Å². The van der Waals surface area contributed by atoms with Crippen LogP contribution >= 0.6 is 0 Å². The maximum atomic E-state index is 14.3. The van der Waals surface area contributed by atoms with Gasteiger partial charge in [0.05, 0.1) is 12.1 Å². The van der Waals surface area contributed by atoms with Gasteiger partial charge in [-0.25, -0.2) is 14.0 Å². The maximum Gasteiger partial charge on any atom is 0.405 e. The Bertz CT molecular complexity index is 2030. The lowest BCUT2D eigenvalue weighted by Crippen LogP contribution is -2.59. The van der Waals surface area contributed by atoms with E-state index in [4.69, 9.17) is 11.5 Å². The molecule has 332 valence electrons. The van der Waals surface area contributed by atoms with Crippen LogP contribution in [0.1, 0.15) is 113 Å². The van der Waals surface area contributed by atoms with Gasteiger partial charge in [-0.3, -0.25) is 19.2 Å². The molecule has 0 saturated carbocycles. The molecule has 0 radical (unpaired) electrons. The second kappa shape index (κ2) is 18.4. The topological polar surface area (TPSA) is 229 Å². The summed E-state index contributed by atoms with van der Waals surface area (Å²) in [7, 11) is 0. The predicted octanol–water partition coefficient (Wildman–Crippen LogP) is 5.88. The molecule has 0 aliphatic carbocycles. The standard InChI is InChI=1S/C46H58FN7O8/c1-5-27(3)37(50-43(59)60)39(55)52-25-7-23-45(52,41(48)57)31-13-9-29(10-14-31)35-21-22-36(54(35)34-19-17-33(47)18-20-34)30-11-15-32(16-12-30)46(42(49)58)24-8-26-53(46)40(56)38(28(4)6-2)51-44(61)62/h9-20,27-28,35-38,50-51H,5-8,21-26H2,1-4H3,(H2,48,57)(H2,49,58)(H,59,60)(H,61,62)/t27-,28-,35-,36-,37+,38+,45+,46+/m1/s1. The molecule has 0 unspecified atom stereocenters. The molecule has 3 aromatic carbocycles. The third kappa shape index (κ3) is 8.26. The molecule has 0 spiro atoms. The zero-order valence-electron chi connectivity index (χ0n) is 35.7. The summed E-state index contributed by atoms with van der Waals surface area (Å²) in [6, 6.07) is 18.5. The first-order chi connectivity index (χ1) is 29.5. The number of nitrogens with two attached hydrogens (primary N) is 2. The summed E-state index contributed by atoms with van der Waals surface area (Å²) in [6.07, 6.45) is 1.30. The number of rotatable bonds is 15. The number of carbonyl (C=O) groups excluding carboxylic acids is 4. The molecule has 15 nitrogen and oxygen atoms in total. The van der Waals surface area contributed by atoms with Crippen LogP contribution in [0.3, 0.4) is 0 Å². The van der Waals surface area contributed by atoms with E-state index in [1.165, 1.54) is 21.9 Å². The van der Waals surface area contributed by atoms with E-state index in [-0.39, 0.29) is 49.9 Å². The quantitative estimate of drug-likeness (QED) is 0.107. The summed E-state index contributed by atoms with van der Waals surface area (Å²) >= 11 is 0. The van der Waals surface area contributed by atoms with E-state index in [9.17, 15) is 43.4 Å². The second-order valence-corrected chi connectivity index (χ2v) is 17.0. The van der Waals surface area contributed by atoms with Crippen molar-refractivity contribution in [2.75, 3.05) is 18.0 Å². The summed E-state index contributed by atoms with van der Waals surface area (Å²) in [5.41, 5.74) is 12.9. The molecule has 3 heterocycles. The molecule has 3 saturated heterocycles.